The first kappa shape index (κ1) is 24.6. The van der Waals surface area contributed by atoms with Crippen molar-refractivity contribution in [1.82, 2.24) is 10.3 Å². The second-order valence-electron chi connectivity index (χ2n) is 6.38. The predicted octanol–water partition coefficient (Wildman–Crippen LogP) is 4.32. The van der Waals surface area contributed by atoms with Crippen molar-refractivity contribution >= 4 is 39.4 Å². The molecule has 28 heavy (non-hydrogen) atoms. The number of aliphatic hydroxyl groups is 1. The van der Waals surface area contributed by atoms with Crippen molar-refractivity contribution < 1.29 is 19.4 Å². The Morgan fingerprint density at radius 2 is 2.11 bits per heavy atom. The fraction of sp³-hybridized carbons (Fsp3) is 0.600. The summed E-state index contributed by atoms with van der Waals surface area (Å²) in [6.07, 6.45) is 4.62. The topological polar surface area (TPSA) is 80.7 Å². The van der Waals surface area contributed by atoms with Crippen LogP contribution in [0.4, 0.5) is 0 Å². The zero-order valence-corrected chi connectivity index (χ0v) is 18.6. The number of benzene rings is 1. The van der Waals surface area contributed by atoms with Crippen LogP contribution in [0.25, 0.3) is 10.2 Å². The van der Waals surface area contributed by atoms with E-state index in [1.165, 1.54) is 37.5 Å². The van der Waals surface area contributed by atoms with E-state index in [1.54, 1.807) is 0 Å². The van der Waals surface area contributed by atoms with Gasteiger partial charge in [-0.2, -0.15) is 0 Å². The third-order valence-corrected chi connectivity index (χ3v) is 5.38. The number of aliphatic hydroxyl groups excluding tert-OH is 1. The van der Waals surface area contributed by atoms with Crippen molar-refractivity contribution in [2.45, 2.75) is 46.1 Å². The molecule has 1 heterocycles. The molecule has 2 aromatic rings. The zero-order valence-electron chi connectivity index (χ0n) is 17.0. The van der Waals surface area contributed by atoms with E-state index in [2.05, 4.69) is 10.3 Å². The van der Waals surface area contributed by atoms with Gasteiger partial charge in [0.1, 0.15) is 12.0 Å². The lowest BCUT2D eigenvalue weighted by molar-refractivity contribution is -0.106. The highest BCUT2D eigenvalue weighted by molar-refractivity contribution is 7.20. The molecule has 0 saturated heterocycles. The minimum absolute atomic E-state index is 0.219. The van der Waals surface area contributed by atoms with Crippen LogP contribution >= 0.6 is 22.9 Å². The first-order valence-electron chi connectivity index (χ1n) is 9.52. The van der Waals surface area contributed by atoms with Crippen molar-refractivity contribution in [2.24, 2.45) is 5.92 Å². The van der Waals surface area contributed by atoms with Crippen LogP contribution in [-0.4, -0.2) is 49.3 Å². The number of halogens is 1. The molecule has 8 heteroatoms. The Balaban J connectivity index is 0.000000370. The second-order valence-corrected chi connectivity index (χ2v) is 7.78. The molecule has 0 amide bonds. The van der Waals surface area contributed by atoms with E-state index < -0.39 is 0 Å². The maximum absolute atomic E-state index is 8.81. The van der Waals surface area contributed by atoms with Gasteiger partial charge in [0.2, 0.25) is 0 Å². The quantitative estimate of drug-likeness (QED) is 0.636. The van der Waals surface area contributed by atoms with Gasteiger partial charge in [0.15, 0.2) is 0 Å². The highest BCUT2D eigenvalue weighted by Gasteiger charge is 2.19. The summed E-state index contributed by atoms with van der Waals surface area (Å²) in [5.74, 6) is 1.46. The van der Waals surface area contributed by atoms with Crippen molar-refractivity contribution in [3.8, 4) is 10.9 Å². The molecule has 1 saturated carbocycles. The molecule has 1 fully saturated rings. The Hall–Kier alpha value is -1.41. The molecule has 0 radical (unpaired) electrons. The number of rotatable bonds is 7. The Labute approximate surface area is 176 Å². The number of likely N-dealkylation sites (N-methyl/N-ethyl adjacent to an activating group) is 1. The number of ether oxygens (including phenoxy) is 2. The third-order valence-electron chi connectivity index (χ3n) is 4.16. The summed E-state index contributed by atoms with van der Waals surface area (Å²) in [6, 6.07) is 4.06. The minimum atomic E-state index is 0.219. The van der Waals surface area contributed by atoms with Gasteiger partial charge in [-0.25, -0.2) is 4.98 Å². The van der Waals surface area contributed by atoms with Gasteiger partial charge in [0.25, 0.3) is 5.19 Å². The Bertz CT molecular complexity index is 703. The first-order valence-corrected chi connectivity index (χ1v) is 10.7. The summed E-state index contributed by atoms with van der Waals surface area (Å²) in [4.78, 5) is 13.2. The van der Waals surface area contributed by atoms with Gasteiger partial charge in [0.05, 0.1) is 35.1 Å². The number of carbonyl (C=O) groups excluding carboxylic acids is 1. The van der Waals surface area contributed by atoms with Gasteiger partial charge < -0.3 is 24.7 Å². The Morgan fingerprint density at radius 1 is 1.43 bits per heavy atom. The number of fused-ring (bicyclic) bond motifs is 1. The zero-order chi connectivity index (χ0) is 20.9. The molecule has 2 N–H and O–H groups in total. The summed E-state index contributed by atoms with van der Waals surface area (Å²) in [6.45, 7) is 6.92. The van der Waals surface area contributed by atoms with Crippen LogP contribution in [0.1, 0.15) is 40.0 Å². The highest BCUT2D eigenvalue weighted by Crippen LogP contribution is 2.36. The monoisotopic (exact) mass is 430 g/mol. The molecule has 1 aromatic heterocycles. The second kappa shape index (κ2) is 13.7. The summed E-state index contributed by atoms with van der Waals surface area (Å²) in [5, 5.41) is 12.4. The van der Waals surface area contributed by atoms with Crippen LogP contribution in [0, 0.1) is 5.92 Å². The molecule has 1 unspecified atom stereocenters. The maximum atomic E-state index is 8.81. The van der Waals surface area contributed by atoms with E-state index in [-0.39, 0.29) is 12.6 Å². The molecule has 1 aromatic carbocycles. The van der Waals surface area contributed by atoms with E-state index in [4.69, 9.17) is 31.0 Å². The fourth-order valence-corrected chi connectivity index (χ4v) is 3.26. The molecule has 0 bridgehead atoms. The SMILES string of the molecule is CC=O.CCOc1nc2cc(Cl)c(OCC3CCC3)cc2s1.CNC(C)CO. The van der Waals surface area contributed by atoms with Gasteiger partial charge in [0, 0.05) is 12.1 Å². The molecule has 0 aliphatic heterocycles. The van der Waals surface area contributed by atoms with Gasteiger partial charge in [-0.3, -0.25) is 0 Å². The standard InChI is InChI=1S/C14H16ClNO2S.C4H11NO.C2H4O/c1-2-17-14-16-11-6-10(15)12(7-13(11)19-14)18-8-9-4-3-5-9;1-4(3-6)5-2;1-2-3/h6-7,9H,2-5,8H2,1H3;4-6H,3H2,1-2H3;2H,1H3. The summed E-state index contributed by atoms with van der Waals surface area (Å²) in [7, 11) is 1.82. The molecule has 1 aliphatic rings. The fourth-order valence-electron chi connectivity index (χ4n) is 2.16. The van der Waals surface area contributed by atoms with Crippen LogP contribution in [-0.2, 0) is 4.79 Å². The molecule has 3 rings (SSSR count). The predicted molar refractivity (Wildman–Crippen MR) is 116 cm³/mol. The van der Waals surface area contributed by atoms with Crippen LogP contribution in [0.2, 0.25) is 5.02 Å². The summed E-state index contributed by atoms with van der Waals surface area (Å²) in [5.41, 5.74) is 0.870. The van der Waals surface area contributed by atoms with E-state index in [9.17, 15) is 0 Å². The lowest BCUT2D eigenvalue weighted by Crippen LogP contribution is -2.24. The number of thiazole rings is 1. The summed E-state index contributed by atoms with van der Waals surface area (Å²) >= 11 is 7.76. The molecule has 1 aliphatic carbocycles. The average molecular weight is 431 g/mol. The van der Waals surface area contributed by atoms with E-state index in [0.717, 1.165) is 28.9 Å². The Kier molecular flexibility index (Phi) is 12.1. The first-order chi connectivity index (χ1) is 13.5. The van der Waals surface area contributed by atoms with E-state index in [1.807, 2.05) is 33.0 Å². The van der Waals surface area contributed by atoms with Gasteiger partial charge >= 0.3 is 0 Å². The molecule has 6 nitrogen and oxygen atoms in total. The number of carbonyl (C=O) groups is 1. The van der Waals surface area contributed by atoms with Gasteiger partial charge in [-0.05, 0) is 52.6 Å². The van der Waals surface area contributed by atoms with Crippen LogP contribution in [0.3, 0.4) is 0 Å². The number of aldehydes is 1. The number of aromatic nitrogens is 1. The van der Waals surface area contributed by atoms with Crippen LogP contribution < -0.4 is 14.8 Å². The van der Waals surface area contributed by atoms with Crippen molar-refractivity contribution in [1.29, 1.82) is 0 Å². The van der Waals surface area contributed by atoms with Gasteiger partial charge in [-0.15, -0.1) is 0 Å². The van der Waals surface area contributed by atoms with Crippen LogP contribution in [0.5, 0.6) is 10.9 Å². The molecule has 1 atom stereocenters. The number of hydrogen-bond acceptors (Lipinski definition) is 7. The smallest absolute Gasteiger partial charge is 0.274 e. The number of nitrogens with one attached hydrogen (secondary N) is 1. The lowest BCUT2D eigenvalue weighted by Gasteiger charge is -2.25. The summed E-state index contributed by atoms with van der Waals surface area (Å²) < 4.78 is 12.3. The average Bonchev–Trinajstić information content (AvgIpc) is 3.02. The normalized spacial score (nSPS) is 14.1. The third kappa shape index (κ3) is 8.31. The lowest BCUT2D eigenvalue weighted by atomic mass is 9.86. The van der Waals surface area contributed by atoms with Crippen molar-refractivity contribution in [3.63, 3.8) is 0 Å². The molecular weight excluding hydrogens is 400 g/mol. The van der Waals surface area contributed by atoms with E-state index in [0.29, 0.717) is 22.7 Å². The maximum Gasteiger partial charge on any atom is 0.274 e. The molecule has 158 valence electrons. The minimum Gasteiger partial charge on any atom is -0.492 e. The largest absolute Gasteiger partial charge is 0.492 e. The number of nitrogens with zero attached hydrogens (tertiary/aromatic N) is 1. The number of hydrogen-bond donors (Lipinski definition) is 2. The Morgan fingerprint density at radius 3 is 2.57 bits per heavy atom. The van der Waals surface area contributed by atoms with Gasteiger partial charge in [-0.1, -0.05) is 29.4 Å². The molecular formula is C20H31ClN2O4S. The molecule has 0 spiro atoms. The van der Waals surface area contributed by atoms with Crippen molar-refractivity contribution in [2.75, 3.05) is 26.9 Å². The van der Waals surface area contributed by atoms with E-state index >= 15 is 0 Å². The highest BCUT2D eigenvalue weighted by atomic mass is 35.5. The van der Waals surface area contributed by atoms with Crippen molar-refractivity contribution in [3.05, 3.63) is 17.2 Å². The van der Waals surface area contributed by atoms with Crippen LogP contribution in [0.15, 0.2) is 12.1 Å².